The van der Waals surface area contributed by atoms with Gasteiger partial charge in [0.15, 0.2) is 0 Å². The molecule has 0 spiro atoms. The van der Waals surface area contributed by atoms with Gasteiger partial charge in [-0.2, -0.15) is 0 Å². The van der Waals surface area contributed by atoms with Crippen molar-refractivity contribution >= 4 is 5.78 Å². The van der Waals surface area contributed by atoms with E-state index < -0.39 is 0 Å². The van der Waals surface area contributed by atoms with Gasteiger partial charge in [0.2, 0.25) is 0 Å². The van der Waals surface area contributed by atoms with Crippen LogP contribution in [0.15, 0.2) is 24.3 Å². The summed E-state index contributed by atoms with van der Waals surface area (Å²) in [6.07, 6.45) is 0. The predicted octanol–water partition coefficient (Wildman–Crippen LogP) is 7.74. The summed E-state index contributed by atoms with van der Waals surface area (Å²) < 4.78 is 0. The van der Waals surface area contributed by atoms with Gasteiger partial charge in [-0.3, -0.25) is 4.79 Å². The van der Waals surface area contributed by atoms with Gasteiger partial charge in [-0.25, -0.2) is 0 Å². The molecular weight excluding hydrogens is 420 g/mol. The standard InChI is InChI=1S/C31H44O3/c1-28(2,3)19-13-17(14-20(25(19)32)29(4,5)6)23-24(27(23)34)18-15-21(30(7,8)9)26(33)22(16-18)31(10,11)12/h13-16,23-24,32-33H,1-12H3. The number of rotatable bonds is 2. The highest BCUT2D eigenvalue weighted by Gasteiger charge is 2.52. The minimum atomic E-state index is -0.245. The Morgan fingerprint density at radius 3 is 0.882 bits per heavy atom. The molecular formula is C31H44O3. The van der Waals surface area contributed by atoms with Crippen molar-refractivity contribution in [2.45, 2.75) is 117 Å². The quantitative estimate of drug-likeness (QED) is 0.478. The highest BCUT2D eigenvalue weighted by atomic mass is 16.3. The number of phenolic OH excluding ortho intramolecular Hbond substituents is 2. The maximum Gasteiger partial charge on any atom is 0.149 e. The average Bonchev–Trinajstić information content (AvgIpc) is 3.29. The number of benzene rings is 2. The molecule has 3 heteroatoms. The van der Waals surface area contributed by atoms with E-state index in [1.165, 1.54) is 0 Å². The van der Waals surface area contributed by atoms with Gasteiger partial charge in [0.25, 0.3) is 0 Å². The van der Waals surface area contributed by atoms with E-state index in [2.05, 4.69) is 83.1 Å². The molecule has 3 nitrogen and oxygen atoms in total. The molecule has 1 fully saturated rings. The minimum Gasteiger partial charge on any atom is -0.507 e. The largest absolute Gasteiger partial charge is 0.507 e. The number of ketones is 1. The van der Waals surface area contributed by atoms with Crippen LogP contribution in [-0.4, -0.2) is 16.0 Å². The Bertz CT molecular complexity index is 966. The Morgan fingerprint density at radius 2 is 0.706 bits per heavy atom. The van der Waals surface area contributed by atoms with E-state index in [0.29, 0.717) is 11.5 Å². The van der Waals surface area contributed by atoms with Crippen LogP contribution in [0.3, 0.4) is 0 Å². The highest BCUT2D eigenvalue weighted by Crippen LogP contribution is 2.55. The van der Waals surface area contributed by atoms with E-state index in [1.807, 2.05) is 24.3 Å². The molecule has 0 heterocycles. The van der Waals surface area contributed by atoms with Crippen LogP contribution in [0.1, 0.15) is 128 Å². The summed E-state index contributed by atoms with van der Waals surface area (Å²) in [5, 5.41) is 22.2. The third-order valence-corrected chi connectivity index (χ3v) is 7.05. The minimum absolute atomic E-state index is 0.204. The van der Waals surface area contributed by atoms with Crippen molar-refractivity contribution in [3.8, 4) is 11.5 Å². The van der Waals surface area contributed by atoms with E-state index in [1.54, 1.807) is 0 Å². The fraction of sp³-hybridized carbons (Fsp3) is 0.581. The third kappa shape index (κ3) is 4.76. The molecule has 186 valence electrons. The van der Waals surface area contributed by atoms with Crippen LogP contribution in [0, 0.1) is 0 Å². The zero-order valence-corrected chi connectivity index (χ0v) is 23.3. The van der Waals surface area contributed by atoms with Gasteiger partial charge < -0.3 is 10.2 Å². The number of hydrogen-bond acceptors (Lipinski definition) is 3. The summed E-state index contributed by atoms with van der Waals surface area (Å²) in [6.45, 7) is 25.1. The lowest BCUT2D eigenvalue weighted by atomic mass is 9.77. The molecule has 0 bridgehead atoms. The summed E-state index contributed by atoms with van der Waals surface area (Å²) >= 11 is 0. The first-order valence-corrected chi connectivity index (χ1v) is 12.4. The normalized spacial score (nSPS) is 19.5. The van der Waals surface area contributed by atoms with Crippen LogP contribution in [0.5, 0.6) is 11.5 Å². The number of aromatic hydroxyl groups is 2. The number of carbonyl (C=O) groups is 1. The van der Waals surface area contributed by atoms with Crippen molar-refractivity contribution in [3.63, 3.8) is 0 Å². The van der Waals surface area contributed by atoms with Gasteiger partial charge in [0.05, 0.1) is 11.8 Å². The fourth-order valence-electron chi connectivity index (χ4n) is 4.91. The summed E-state index contributed by atoms with van der Waals surface area (Å²) in [6, 6.07) is 8.12. The van der Waals surface area contributed by atoms with Crippen LogP contribution in [0.4, 0.5) is 0 Å². The van der Waals surface area contributed by atoms with Crippen LogP contribution in [0.25, 0.3) is 0 Å². The van der Waals surface area contributed by atoms with Crippen LogP contribution in [0.2, 0.25) is 0 Å². The molecule has 0 aliphatic heterocycles. The second kappa shape index (κ2) is 7.86. The molecule has 34 heavy (non-hydrogen) atoms. The molecule has 0 aromatic heterocycles. The Morgan fingerprint density at radius 1 is 0.500 bits per heavy atom. The van der Waals surface area contributed by atoms with E-state index >= 15 is 0 Å². The van der Waals surface area contributed by atoms with Crippen molar-refractivity contribution in [1.82, 2.24) is 0 Å². The molecule has 2 unspecified atom stereocenters. The molecule has 2 N–H and O–H groups in total. The van der Waals surface area contributed by atoms with E-state index in [0.717, 1.165) is 33.4 Å². The van der Waals surface area contributed by atoms with E-state index in [4.69, 9.17) is 0 Å². The first-order chi connectivity index (χ1) is 15.2. The monoisotopic (exact) mass is 464 g/mol. The zero-order valence-electron chi connectivity index (χ0n) is 23.3. The molecule has 1 aliphatic carbocycles. The Hall–Kier alpha value is -2.29. The summed E-state index contributed by atoms with van der Waals surface area (Å²) in [5.74, 6) is 0.419. The smallest absolute Gasteiger partial charge is 0.149 e. The van der Waals surface area contributed by atoms with Gasteiger partial charge in [-0.1, -0.05) is 107 Å². The van der Waals surface area contributed by atoms with E-state index in [-0.39, 0.29) is 39.3 Å². The van der Waals surface area contributed by atoms with Crippen molar-refractivity contribution in [2.24, 2.45) is 0 Å². The second-order valence-electron chi connectivity index (χ2n) is 14.3. The molecule has 3 rings (SSSR count). The maximum atomic E-state index is 13.3. The molecule has 2 aromatic rings. The molecule has 1 saturated carbocycles. The Labute approximate surface area is 206 Å². The summed E-state index contributed by atoms with van der Waals surface area (Å²) in [4.78, 5) is 13.3. The van der Waals surface area contributed by atoms with Crippen molar-refractivity contribution < 1.29 is 15.0 Å². The molecule has 0 radical (unpaired) electrons. The fourth-order valence-corrected chi connectivity index (χ4v) is 4.91. The Balaban J connectivity index is 2.19. The predicted molar refractivity (Wildman–Crippen MR) is 142 cm³/mol. The molecule has 0 saturated heterocycles. The van der Waals surface area contributed by atoms with Gasteiger partial charge in [0, 0.05) is 0 Å². The number of carbonyl (C=O) groups excluding carboxylic acids is 1. The maximum absolute atomic E-state index is 13.3. The summed E-state index contributed by atoms with van der Waals surface area (Å²) in [5.41, 5.74) is 4.49. The van der Waals surface area contributed by atoms with Crippen LogP contribution in [-0.2, 0) is 26.5 Å². The van der Waals surface area contributed by atoms with Crippen LogP contribution >= 0.6 is 0 Å². The van der Waals surface area contributed by atoms with Crippen LogP contribution < -0.4 is 0 Å². The van der Waals surface area contributed by atoms with Gasteiger partial charge in [-0.15, -0.1) is 0 Å². The molecule has 1 aliphatic rings. The van der Waals surface area contributed by atoms with Gasteiger partial charge in [-0.05, 0) is 55.0 Å². The zero-order chi connectivity index (χ0) is 26.2. The first kappa shape index (κ1) is 26.3. The van der Waals surface area contributed by atoms with Crippen molar-refractivity contribution in [2.75, 3.05) is 0 Å². The van der Waals surface area contributed by atoms with E-state index in [9.17, 15) is 15.0 Å². The average molecular weight is 465 g/mol. The molecule has 0 amide bonds. The van der Waals surface area contributed by atoms with Gasteiger partial charge in [0.1, 0.15) is 17.3 Å². The van der Waals surface area contributed by atoms with Gasteiger partial charge >= 0.3 is 0 Å². The van der Waals surface area contributed by atoms with Crippen molar-refractivity contribution in [1.29, 1.82) is 0 Å². The number of hydrogen-bond donors (Lipinski definition) is 2. The number of phenols is 2. The van der Waals surface area contributed by atoms with Crippen molar-refractivity contribution in [3.05, 3.63) is 57.6 Å². The second-order valence-corrected chi connectivity index (χ2v) is 14.3. The lowest BCUT2D eigenvalue weighted by Gasteiger charge is -2.29. The topological polar surface area (TPSA) is 57.5 Å². The first-order valence-electron chi connectivity index (χ1n) is 12.4. The molecule has 2 atom stereocenters. The number of Topliss-reactive ketones (excluding diaryl/α,β-unsaturated/α-hetero) is 1. The molecule has 2 aromatic carbocycles. The third-order valence-electron chi connectivity index (χ3n) is 7.05. The Kier molecular flexibility index (Phi) is 6.09. The lowest BCUT2D eigenvalue weighted by Crippen LogP contribution is -2.18. The SMILES string of the molecule is CC(C)(C)c1cc(C2C(=O)C2c2cc(C(C)(C)C)c(O)c(C(C)(C)C)c2)cc(C(C)(C)C)c1O. The summed E-state index contributed by atoms with van der Waals surface area (Å²) in [7, 11) is 0. The lowest BCUT2D eigenvalue weighted by molar-refractivity contribution is -0.110. The highest BCUT2D eigenvalue weighted by molar-refractivity contribution is 6.09.